The van der Waals surface area contributed by atoms with Crippen molar-refractivity contribution < 1.29 is 19.7 Å². The van der Waals surface area contributed by atoms with E-state index in [2.05, 4.69) is 25.6 Å². The molecule has 182 valence electrons. The molecule has 1 saturated heterocycles. The summed E-state index contributed by atoms with van der Waals surface area (Å²) in [4.78, 5) is 24.6. The van der Waals surface area contributed by atoms with E-state index >= 15 is 0 Å². The van der Waals surface area contributed by atoms with Crippen molar-refractivity contribution in [2.24, 2.45) is 5.73 Å². The van der Waals surface area contributed by atoms with Gasteiger partial charge in [0.1, 0.15) is 18.5 Å². The first-order chi connectivity index (χ1) is 16.5. The quantitative estimate of drug-likeness (QED) is 0.262. The van der Waals surface area contributed by atoms with E-state index in [1.54, 1.807) is 23.3 Å². The number of anilines is 2. The third kappa shape index (κ3) is 5.31. The number of ether oxygens (including phenoxy) is 1. The molecule has 3 aromatic rings. The van der Waals surface area contributed by atoms with Gasteiger partial charge in [-0.05, 0) is 17.7 Å². The standard InChI is InChI=1S/C22H29N7O4S/c1-2-16(30)28-14-5-3-13(4-6-14)9-24-20-17-21(26-11-25-20)29(12-27-17)22-19(32)18(31)15(33-22)10-34-8-7-23/h3-6,11-12,15,18-19,22,31-32H,2,7-10,23H2,1H3,(H,28,30)(H,24,25,26)/t15-,18-,19-,22-/m1/s1. The van der Waals surface area contributed by atoms with Gasteiger partial charge in [-0.3, -0.25) is 9.36 Å². The van der Waals surface area contributed by atoms with Crippen molar-refractivity contribution in [3.05, 3.63) is 42.5 Å². The summed E-state index contributed by atoms with van der Waals surface area (Å²) in [5.41, 5.74) is 8.28. The molecule has 1 aliphatic heterocycles. The molecule has 1 amide bonds. The molecule has 0 bridgehead atoms. The number of nitrogens with zero attached hydrogens (tertiary/aromatic N) is 4. The van der Waals surface area contributed by atoms with Gasteiger partial charge in [-0.25, -0.2) is 15.0 Å². The molecule has 12 heteroatoms. The third-order valence-corrected chi connectivity index (χ3v) is 6.62. The van der Waals surface area contributed by atoms with Crippen LogP contribution in [0.2, 0.25) is 0 Å². The van der Waals surface area contributed by atoms with Gasteiger partial charge in [-0.2, -0.15) is 11.8 Å². The number of carbonyl (C=O) groups is 1. The van der Waals surface area contributed by atoms with Crippen LogP contribution in [-0.4, -0.2) is 72.0 Å². The van der Waals surface area contributed by atoms with Crippen molar-refractivity contribution >= 4 is 40.3 Å². The second-order valence-corrected chi connectivity index (χ2v) is 9.06. The molecular weight excluding hydrogens is 458 g/mol. The van der Waals surface area contributed by atoms with E-state index in [4.69, 9.17) is 10.5 Å². The van der Waals surface area contributed by atoms with Crippen molar-refractivity contribution in [3.8, 4) is 0 Å². The van der Waals surface area contributed by atoms with Gasteiger partial charge >= 0.3 is 0 Å². The maximum absolute atomic E-state index is 11.5. The minimum Gasteiger partial charge on any atom is -0.387 e. The van der Waals surface area contributed by atoms with E-state index in [1.165, 1.54) is 12.7 Å². The molecule has 11 nitrogen and oxygen atoms in total. The molecule has 1 aliphatic rings. The van der Waals surface area contributed by atoms with Crippen molar-refractivity contribution in [3.63, 3.8) is 0 Å². The van der Waals surface area contributed by atoms with E-state index in [9.17, 15) is 15.0 Å². The molecule has 1 fully saturated rings. The summed E-state index contributed by atoms with van der Waals surface area (Å²) in [6.07, 6.45) is -0.0772. The lowest BCUT2D eigenvalue weighted by Gasteiger charge is -2.16. The normalized spacial score (nSPS) is 22.2. The van der Waals surface area contributed by atoms with Crippen LogP contribution in [0.3, 0.4) is 0 Å². The zero-order valence-corrected chi connectivity index (χ0v) is 19.6. The Hall–Kier alpha value is -2.77. The van der Waals surface area contributed by atoms with Gasteiger partial charge in [0.2, 0.25) is 5.91 Å². The van der Waals surface area contributed by atoms with Gasteiger partial charge in [0, 0.05) is 36.7 Å². The molecular formula is C22H29N7O4S. The topological polar surface area (TPSA) is 160 Å². The number of benzene rings is 1. The number of amides is 1. The van der Waals surface area contributed by atoms with E-state index in [1.807, 2.05) is 24.3 Å². The fraction of sp³-hybridized carbons (Fsp3) is 0.455. The Bertz CT molecular complexity index is 1110. The summed E-state index contributed by atoms with van der Waals surface area (Å²) >= 11 is 1.57. The number of carbonyl (C=O) groups excluding carboxylic acids is 1. The van der Waals surface area contributed by atoms with E-state index in [-0.39, 0.29) is 5.91 Å². The van der Waals surface area contributed by atoms with Crippen LogP contribution in [0.25, 0.3) is 11.2 Å². The molecule has 4 atom stereocenters. The Labute approximate surface area is 201 Å². The summed E-state index contributed by atoms with van der Waals surface area (Å²) in [6.45, 7) is 2.83. The summed E-state index contributed by atoms with van der Waals surface area (Å²) in [6, 6.07) is 7.53. The third-order valence-electron chi connectivity index (χ3n) is 5.53. The summed E-state index contributed by atoms with van der Waals surface area (Å²) in [7, 11) is 0. The van der Waals surface area contributed by atoms with Crippen molar-refractivity contribution in [1.82, 2.24) is 19.5 Å². The number of hydrogen-bond acceptors (Lipinski definition) is 10. The largest absolute Gasteiger partial charge is 0.387 e. The Morgan fingerprint density at radius 1 is 1.21 bits per heavy atom. The number of nitrogens with one attached hydrogen (secondary N) is 2. The predicted molar refractivity (Wildman–Crippen MR) is 130 cm³/mol. The van der Waals surface area contributed by atoms with Crippen LogP contribution in [0.15, 0.2) is 36.9 Å². The monoisotopic (exact) mass is 487 g/mol. The first-order valence-corrected chi connectivity index (χ1v) is 12.3. The smallest absolute Gasteiger partial charge is 0.224 e. The van der Waals surface area contributed by atoms with Gasteiger partial charge in [-0.1, -0.05) is 19.1 Å². The van der Waals surface area contributed by atoms with Crippen molar-refractivity contribution in [2.75, 3.05) is 28.7 Å². The highest BCUT2D eigenvalue weighted by atomic mass is 32.2. The number of imidazole rings is 1. The van der Waals surface area contributed by atoms with Crippen LogP contribution < -0.4 is 16.4 Å². The Morgan fingerprint density at radius 3 is 2.74 bits per heavy atom. The first kappa shape index (κ1) is 24.4. The van der Waals surface area contributed by atoms with Crippen molar-refractivity contribution in [1.29, 1.82) is 0 Å². The Kier molecular flexibility index (Phi) is 7.95. The number of aliphatic hydroxyl groups excluding tert-OH is 2. The average molecular weight is 488 g/mol. The van der Waals surface area contributed by atoms with Gasteiger partial charge in [0.05, 0.1) is 12.4 Å². The number of hydrogen-bond donors (Lipinski definition) is 5. The molecule has 0 saturated carbocycles. The summed E-state index contributed by atoms with van der Waals surface area (Å²) < 4.78 is 7.57. The second kappa shape index (κ2) is 11.1. The van der Waals surface area contributed by atoms with Crippen LogP contribution in [0.4, 0.5) is 11.5 Å². The second-order valence-electron chi connectivity index (χ2n) is 7.91. The molecule has 6 N–H and O–H groups in total. The van der Waals surface area contributed by atoms with Crippen LogP contribution >= 0.6 is 11.8 Å². The van der Waals surface area contributed by atoms with Crippen molar-refractivity contribution in [2.45, 2.75) is 44.4 Å². The molecule has 0 spiro atoms. The maximum atomic E-state index is 11.5. The zero-order chi connectivity index (χ0) is 24.1. The number of aromatic nitrogens is 4. The molecule has 1 aromatic carbocycles. The average Bonchev–Trinajstić information content (AvgIpc) is 3.40. The lowest BCUT2D eigenvalue weighted by Crippen LogP contribution is -2.32. The van der Waals surface area contributed by atoms with Gasteiger partial charge in [0.25, 0.3) is 0 Å². The summed E-state index contributed by atoms with van der Waals surface area (Å²) in [5, 5.41) is 27.1. The lowest BCUT2D eigenvalue weighted by molar-refractivity contribution is -0.115. The van der Waals surface area contributed by atoms with Gasteiger partial charge in [0.15, 0.2) is 23.2 Å². The molecule has 3 heterocycles. The van der Waals surface area contributed by atoms with Crippen LogP contribution in [-0.2, 0) is 16.1 Å². The number of nitrogens with two attached hydrogens (primary N) is 1. The molecule has 0 radical (unpaired) electrons. The SMILES string of the molecule is CCC(=O)Nc1ccc(CNc2ncnc3c2ncn3[C@@H]2O[C@H](CSCCN)[C@@H](O)[C@H]2O)cc1. The molecule has 34 heavy (non-hydrogen) atoms. The molecule has 2 aromatic heterocycles. The van der Waals surface area contributed by atoms with Crippen LogP contribution in [0, 0.1) is 0 Å². The first-order valence-electron chi connectivity index (χ1n) is 11.1. The van der Waals surface area contributed by atoms with Crippen LogP contribution in [0.5, 0.6) is 0 Å². The number of rotatable bonds is 10. The minimum absolute atomic E-state index is 0.0330. The van der Waals surface area contributed by atoms with E-state index in [0.29, 0.717) is 42.2 Å². The lowest BCUT2D eigenvalue weighted by atomic mass is 10.1. The van der Waals surface area contributed by atoms with Gasteiger partial charge < -0.3 is 31.3 Å². The highest BCUT2D eigenvalue weighted by molar-refractivity contribution is 7.99. The zero-order valence-electron chi connectivity index (χ0n) is 18.8. The minimum atomic E-state index is -1.11. The predicted octanol–water partition coefficient (Wildman–Crippen LogP) is 1.10. The number of thioether (sulfide) groups is 1. The molecule has 0 aliphatic carbocycles. The van der Waals surface area contributed by atoms with E-state index < -0.39 is 24.5 Å². The van der Waals surface area contributed by atoms with Gasteiger partial charge in [-0.15, -0.1) is 0 Å². The fourth-order valence-corrected chi connectivity index (χ4v) is 4.53. The molecule has 4 rings (SSSR count). The van der Waals surface area contributed by atoms with Crippen LogP contribution in [0.1, 0.15) is 25.1 Å². The Balaban J connectivity index is 1.45. The number of aliphatic hydroxyl groups is 2. The summed E-state index contributed by atoms with van der Waals surface area (Å²) in [5.74, 6) is 1.78. The number of fused-ring (bicyclic) bond motifs is 1. The molecule has 0 unspecified atom stereocenters. The highest BCUT2D eigenvalue weighted by Crippen LogP contribution is 2.33. The maximum Gasteiger partial charge on any atom is 0.224 e. The fourth-order valence-electron chi connectivity index (χ4n) is 3.69. The highest BCUT2D eigenvalue weighted by Gasteiger charge is 2.44. The Morgan fingerprint density at radius 2 is 2.00 bits per heavy atom. The van der Waals surface area contributed by atoms with E-state index in [0.717, 1.165) is 17.0 Å².